The van der Waals surface area contributed by atoms with Gasteiger partial charge in [-0.15, -0.1) is 0 Å². The zero-order valence-corrected chi connectivity index (χ0v) is 15.8. The molecule has 0 radical (unpaired) electrons. The van der Waals surface area contributed by atoms with Crippen LogP contribution < -0.4 is 5.32 Å². The summed E-state index contributed by atoms with van der Waals surface area (Å²) < 4.78 is 2.09. The zero-order valence-electron chi connectivity index (χ0n) is 15.1. The highest BCUT2D eigenvalue weighted by Crippen LogP contribution is 2.30. The van der Waals surface area contributed by atoms with Crippen molar-refractivity contribution in [1.29, 1.82) is 0 Å². The Hall–Kier alpha value is -2.26. The molecule has 3 nitrogen and oxygen atoms in total. The molecule has 26 heavy (non-hydrogen) atoms. The van der Waals surface area contributed by atoms with E-state index >= 15 is 0 Å². The average molecular weight is 366 g/mol. The van der Waals surface area contributed by atoms with Gasteiger partial charge in [0.15, 0.2) is 0 Å². The number of imidazole rings is 1. The van der Waals surface area contributed by atoms with E-state index in [9.17, 15) is 0 Å². The standard InChI is InChI=1S/C22H24ClN3/c1-16(14-17-8-4-2-5-9-17)21-22(24-19-10-6-3-7-11-19)26-15-18(23)12-13-20(26)25-21/h2,4-5,8-9,12-15,19,24H,3,6-7,10-11H2,1H3/b16-14+. The predicted octanol–water partition coefficient (Wildman–Crippen LogP) is 6.29. The molecular weight excluding hydrogens is 342 g/mol. The number of hydrogen-bond acceptors (Lipinski definition) is 2. The molecule has 134 valence electrons. The Morgan fingerprint density at radius 1 is 1.12 bits per heavy atom. The van der Waals surface area contributed by atoms with E-state index < -0.39 is 0 Å². The van der Waals surface area contributed by atoms with Gasteiger partial charge in [0.1, 0.15) is 17.2 Å². The van der Waals surface area contributed by atoms with Gasteiger partial charge in [0.2, 0.25) is 0 Å². The van der Waals surface area contributed by atoms with Crippen molar-refractivity contribution in [1.82, 2.24) is 9.38 Å². The minimum absolute atomic E-state index is 0.505. The molecule has 0 unspecified atom stereocenters. The third-order valence-corrected chi connectivity index (χ3v) is 5.31. The maximum atomic E-state index is 6.26. The van der Waals surface area contributed by atoms with Gasteiger partial charge in [0.05, 0.1) is 5.02 Å². The van der Waals surface area contributed by atoms with Crippen LogP contribution in [0.5, 0.6) is 0 Å². The number of rotatable bonds is 4. The van der Waals surface area contributed by atoms with E-state index in [0.29, 0.717) is 6.04 Å². The van der Waals surface area contributed by atoms with E-state index in [1.807, 2.05) is 24.4 Å². The van der Waals surface area contributed by atoms with Crippen molar-refractivity contribution in [3.05, 3.63) is 64.9 Å². The highest BCUT2D eigenvalue weighted by molar-refractivity contribution is 6.30. The molecule has 4 heteroatoms. The van der Waals surface area contributed by atoms with Crippen LogP contribution in [0.2, 0.25) is 5.02 Å². The second-order valence-electron chi connectivity index (χ2n) is 7.10. The number of hydrogen-bond donors (Lipinski definition) is 1. The number of halogens is 1. The molecule has 1 saturated carbocycles. The van der Waals surface area contributed by atoms with Crippen LogP contribution in [0.15, 0.2) is 48.7 Å². The Kier molecular flexibility index (Phi) is 4.98. The Balaban J connectivity index is 1.77. The fraction of sp³-hybridized carbons (Fsp3) is 0.318. The summed E-state index contributed by atoms with van der Waals surface area (Å²) >= 11 is 6.26. The smallest absolute Gasteiger partial charge is 0.139 e. The predicted molar refractivity (Wildman–Crippen MR) is 111 cm³/mol. The molecular formula is C22H24ClN3. The number of nitrogens with zero attached hydrogens (tertiary/aromatic N) is 2. The first-order chi connectivity index (χ1) is 12.7. The van der Waals surface area contributed by atoms with Gasteiger partial charge in [-0.05, 0) is 49.1 Å². The minimum atomic E-state index is 0.505. The molecule has 3 aromatic rings. The lowest BCUT2D eigenvalue weighted by Crippen LogP contribution is -2.23. The van der Waals surface area contributed by atoms with Gasteiger partial charge in [-0.2, -0.15) is 0 Å². The fourth-order valence-electron chi connectivity index (χ4n) is 3.74. The normalized spacial score (nSPS) is 16.2. The topological polar surface area (TPSA) is 29.3 Å². The second-order valence-corrected chi connectivity index (χ2v) is 7.54. The Morgan fingerprint density at radius 3 is 2.65 bits per heavy atom. The van der Waals surface area contributed by atoms with Crippen molar-refractivity contribution in [3.63, 3.8) is 0 Å². The lowest BCUT2D eigenvalue weighted by molar-refractivity contribution is 0.461. The SMILES string of the molecule is C/C(=C\c1ccccc1)c1nc2ccc(Cl)cn2c1NC1CCCCC1. The number of allylic oxidation sites excluding steroid dienone is 1. The Bertz CT molecular complexity index is 921. The molecule has 1 N–H and O–H groups in total. The summed E-state index contributed by atoms with van der Waals surface area (Å²) in [5.41, 5.74) is 4.25. The van der Waals surface area contributed by atoms with Crippen molar-refractivity contribution < 1.29 is 0 Å². The molecule has 1 aliphatic rings. The molecule has 0 saturated heterocycles. The molecule has 0 aliphatic heterocycles. The maximum absolute atomic E-state index is 6.26. The number of anilines is 1. The van der Waals surface area contributed by atoms with E-state index in [0.717, 1.165) is 27.8 Å². The monoisotopic (exact) mass is 365 g/mol. The maximum Gasteiger partial charge on any atom is 0.139 e. The first-order valence-electron chi connectivity index (χ1n) is 9.38. The number of nitrogens with one attached hydrogen (secondary N) is 1. The largest absolute Gasteiger partial charge is 0.367 e. The van der Waals surface area contributed by atoms with Crippen molar-refractivity contribution in [2.45, 2.75) is 45.1 Å². The molecule has 0 spiro atoms. The molecule has 1 aromatic carbocycles. The lowest BCUT2D eigenvalue weighted by Gasteiger charge is -2.24. The van der Waals surface area contributed by atoms with Gasteiger partial charge in [-0.25, -0.2) is 4.98 Å². The van der Waals surface area contributed by atoms with Gasteiger partial charge in [-0.3, -0.25) is 4.40 Å². The summed E-state index contributed by atoms with van der Waals surface area (Å²) in [5.74, 6) is 1.05. The van der Waals surface area contributed by atoms with Crippen LogP contribution in [0.3, 0.4) is 0 Å². The molecule has 4 rings (SSSR count). The minimum Gasteiger partial charge on any atom is -0.367 e. The van der Waals surface area contributed by atoms with Crippen LogP contribution in [0, 0.1) is 0 Å². The summed E-state index contributed by atoms with van der Waals surface area (Å²) in [6.45, 7) is 2.13. The van der Waals surface area contributed by atoms with E-state index in [4.69, 9.17) is 16.6 Å². The van der Waals surface area contributed by atoms with E-state index in [1.54, 1.807) is 0 Å². The Morgan fingerprint density at radius 2 is 1.88 bits per heavy atom. The van der Waals surface area contributed by atoms with Crippen LogP contribution in [-0.2, 0) is 0 Å². The molecule has 2 heterocycles. The van der Waals surface area contributed by atoms with Crippen molar-refractivity contribution >= 4 is 34.7 Å². The van der Waals surface area contributed by atoms with Gasteiger partial charge < -0.3 is 5.32 Å². The van der Waals surface area contributed by atoms with E-state index in [-0.39, 0.29) is 0 Å². The van der Waals surface area contributed by atoms with E-state index in [2.05, 4.69) is 47.0 Å². The average Bonchev–Trinajstić information content (AvgIpc) is 3.01. The van der Waals surface area contributed by atoms with Gasteiger partial charge in [-0.1, -0.05) is 61.2 Å². The van der Waals surface area contributed by atoms with Crippen LogP contribution in [0.4, 0.5) is 5.82 Å². The zero-order chi connectivity index (χ0) is 17.9. The number of pyridine rings is 1. The molecule has 2 aromatic heterocycles. The molecule has 0 amide bonds. The third-order valence-electron chi connectivity index (χ3n) is 5.08. The lowest BCUT2D eigenvalue weighted by atomic mass is 9.95. The molecule has 1 aliphatic carbocycles. The Labute approximate surface area is 159 Å². The fourth-order valence-corrected chi connectivity index (χ4v) is 3.90. The quantitative estimate of drug-likeness (QED) is 0.588. The first kappa shape index (κ1) is 17.2. The van der Waals surface area contributed by atoms with Crippen molar-refractivity contribution in [2.75, 3.05) is 5.32 Å². The summed E-state index contributed by atoms with van der Waals surface area (Å²) in [6.07, 6.45) is 10.5. The van der Waals surface area contributed by atoms with Gasteiger partial charge in [0.25, 0.3) is 0 Å². The van der Waals surface area contributed by atoms with E-state index in [1.165, 1.54) is 37.7 Å². The summed E-state index contributed by atoms with van der Waals surface area (Å²) in [5, 5.41) is 4.49. The van der Waals surface area contributed by atoms with Crippen LogP contribution in [0.25, 0.3) is 17.3 Å². The van der Waals surface area contributed by atoms with Crippen LogP contribution in [0.1, 0.15) is 50.3 Å². The van der Waals surface area contributed by atoms with Crippen molar-refractivity contribution in [3.8, 4) is 0 Å². The highest BCUT2D eigenvalue weighted by Gasteiger charge is 2.19. The third kappa shape index (κ3) is 3.63. The molecule has 0 bridgehead atoms. The summed E-state index contributed by atoms with van der Waals surface area (Å²) in [6, 6.07) is 14.8. The number of aromatic nitrogens is 2. The summed E-state index contributed by atoms with van der Waals surface area (Å²) in [4.78, 5) is 4.89. The second kappa shape index (κ2) is 7.55. The van der Waals surface area contributed by atoms with Crippen LogP contribution in [-0.4, -0.2) is 15.4 Å². The highest BCUT2D eigenvalue weighted by atomic mass is 35.5. The number of fused-ring (bicyclic) bond motifs is 1. The summed E-state index contributed by atoms with van der Waals surface area (Å²) in [7, 11) is 0. The van der Waals surface area contributed by atoms with Crippen LogP contribution >= 0.6 is 11.6 Å². The molecule has 0 atom stereocenters. The number of benzene rings is 1. The van der Waals surface area contributed by atoms with Gasteiger partial charge in [0, 0.05) is 12.2 Å². The van der Waals surface area contributed by atoms with Gasteiger partial charge >= 0.3 is 0 Å². The first-order valence-corrected chi connectivity index (χ1v) is 9.76. The van der Waals surface area contributed by atoms with Crippen molar-refractivity contribution in [2.24, 2.45) is 0 Å². The molecule has 1 fully saturated rings.